The Morgan fingerprint density at radius 2 is 1.88 bits per heavy atom. The highest BCUT2D eigenvalue weighted by Crippen LogP contribution is 2.50. The van der Waals surface area contributed by atoms with Gasteiger partial charge in [0.1, 0.15) is 0 Å². The summed E-state index contributed by atoms with van der Waals surface area (Å²) >= 11 is 0. The van der Waals surface area contributed by atoms with Gasteiger partial charge in [0.2, 0.25) is 10.0 Å². The van der Waals surface area contributed by atoms with Crippen molar-refractivity contribution in [1.29, 1.82) is 0 Å². The van der Waals surface area contributed by atoms with Gasteiger partial charge in [0.25, 0.3) is 0 Å². The van der Waals surface area contributed by atoms with E-state index in [4.69, 9.17) is 5.11 Å². The number of aliphatic carboxylic acids is 1. The van der Waals surface area contributed by atoms with E-state index in [1.807, 2.05) is 12.1 Å². The molecule has 26 heavy (non-hydrogen) atoms. The van der Waals surface area contributed by atoms with Gasteiger partial charge in [-0.05, 0) is 68.4 Å². The Labute approximate surface area is 155 Å². The summed E-state index contributed by atoms with van der Waals surface area (Å²) in [6.07, 6.45) is 10.00. The second kappa shape index (κ2) is 8.35. The molecule has 2 aliphatic rings. The molecule has 2 saturated carbocycles. The molecule has 2 aliphatic carbocycles. The molecule has 1 aromatic carbocycles. The summed E-state index contributed by atoms with van der Waals surface area (Å²) in [6.45, 7) is 0. The maximum absolute atomic E-state index is 12.7. The molecule has 0 amide bonds. The number of benzene rings is 1. The van der Waals surface area contributed by atoms with E-state index in [1.54, 1.807) is 24.3 Å². The van der Waals surface area contributed by atoms with E-state index in [2.05, 4.69) is 10.8 Å². The smallest absolute Gasteiger partial charge is 0.303 e. The minimum absolute atomic E-state index is 0.00243. The van der Waals surface area contributed by atoms with Gasteiger partial charge in [0.05, 0.1) is 4.90 Å². The average Bonchev–Trinajstić information content (AvgIpc) is 3.20. The van der Waals surface area contributed by atoms with Crippen molar-refractivity contribution in [2.75, 3.05) is 0 Å². The third kappa shape index (κ3) is 4.54. The zero-order chi connectivity index (χ0) is 18.6. The molecule has 4 atom stereocenters. The van der Waals surface area contributed by atoms with Crippen molar-refractivity contribution in [3.63, 3.8) is 0 Å². The number of hydrogen-bond acceptors (Lipinski definition) is 3. The molecule has 0 spiro atoms. The highest BCUT2D eigenvalue weighted by Gasteiger charge is 2.48. The minimum Gasteiger partial charge on any atom is -0.481 e. The first-order valence-corrected chi connectivity index (χ1v) is 10.9. The highest BCUT2D eigenvalue weighted by atomic mass is 32.2. The SMILES string of the molecule is O=C(O)CCCC=CCC1C2CC[C@@H](C2)[C@@H]1NS(=O)(=O)c1ccccc1. The normalized spacial score (nSPS) is 28.0. The highest BCUT2D eigenvalue weighted by molar-refractivity contribution is 7.89. The standard InChI is InChI=1S/C20H27NO4S/c22-19(23)11-7-2-1-6-10-18-15-12-13-16(14-15)20(18)21-26(24,25)17-8-4-3-5-9-17/h1,3-6,8-9,15-16,18,20-21H,2,7,10-14H2,(H,22,23)/t15?,16-,18?,20-/m0/s1. The van der Waals surface area contributed by atoms with Crippen molar-refractivity contribution in [1.82, 2.24) is 4.72 Å². The van der Waals surface area contributed by atoms with Gasteiger partial charge in [-0.25, -0.2) is 13.1 Å². The summed E-state index contributed by atoms with van der Waals surface area (Å²) in [5.74, 6) is 0.598. The molecule has 0 aromatic heterocycles. The van der Waals surface area contributed by atoms with Gasteiger partial charge in [-0.15, -0.1) is 0 Å². The van der Waals surface area contributed by atoms with E-state index >= 15 is 0 Å². The minimum atomic E-state index is -3.49. The van der Waals surface area contributed by atoms with Crippen LogP contribution in [0.5, 0.6) is 0 Å². The van der Waals surface area contributed by atoms with Crippen LogP contribution in [0, 0.1) is 17.8 Å². The first-order valence-electron chi connectivity index (χ1n) is 9.41. The van der Waals surface area contributed by atoms with Crippen LogP contribution in [0.2, 0.25) is 0 Å². The number of nitrogens with one attached hydrogen (secondary N) is 1. The monoisotopic (exact) mass is 377 g/mol. The third-order valence-corrected chi connectivity index (χ3v) is 7.24. The topological polar surface area (TPSA) is 83.5 Å². The van der Waals surface area contributed by atoms with Crippen molar-refractivity contribution < 1.29 is 18.3 Å². The van der Waals surface area contributed by atoms with Crippen molar-refractivity contribution in [3.8, 4) is 0 Å². The van der Waals surface area contributed by atoms with Gasteiger partial charge in [-0.1, -0.05) is 30.4 Å². The molecule has 0 saturated heterocycles. The van der Waals surface area contributed by atoms with Crippen LogP contribution in [-0.4, -0.2) is 25.5 Å². The van der Waals surface area contributed by atoms with E-state index in [9.17, 15) is 13.2 Å². The number of allylic oxidation sites excluding steroid dienone is 2. The van der Waals surface area contributed by atoms with Crippen molar-refractivity contribution in [3.05, 3.63) is 42.5 Å². The van der Waals surface area contributed by atoms with E-state index < -0.39 is 16.0 Å². The number of sulfonamides is 1. The molecule has 6 heteroatoms. The molecule has 0 heterocycles. The van der Waals surface area contributed by atoms with Gasteiger partial charge in [-0.2, -0.15) is 0 Å². The molecule has 142 valence electrons. The second-order valence-electron chi connectivity index (χ2n) is 7.45. The van der Waals surface area contributed by atoms with Gasteiger partial charge < -0.3 is 5.11 Å². The Balaban J connectivity index is 1.60. The van der Waals surface area contributed by atoms with Crippen LogP contribution in [0.15, 0.2) is 47.4 Å². The fourth-order valence-corrected chi connectivity index (χ4v) is 5.90. The third-order valence-electron chi connectivity index (χ3n) is 5.77. The van der Waals surface area contributed by atoms with Crippen LogP contribution in [0.1, 0.15) is 44.9 Å². The molecule has 2 bridgehead atoms. The van der Waals surface area contributed by atoms with Gasteiger partial charge in [-0.3, -0.25) is 4.79 Å². The number of carbonyl (C=O) groups is 1. The van der Waals surface area contributed by atoms with Crippen LogP contribution in [-0.2, 0) is 14.8 Å². The zero-order valence-electron chi connectivity index (χ0n) is 14.9. The molecule has 3 rings (SSSR count). The summed E-state index contributed by atoms with van der Waals surface area (Å²) in [6, 6.07) is 8.57. The summed E-state index contributed by atoms with van der Waals surface area (Å²) in [5, 5.41) is 8.66. The van der Waals surface area contributed by atoms with Crippen LogP contribution >= 0.6 is 0 Å². The summed E-state index contributed by atoms with van der Waals surface area (Å²) in [7, 11) is -3.49. The average molecular weight is 378 g/mol. The maximum Gasteiger partial charge on any atom is 0.303 e. The van der Waals surface area contributed by atoms with Crippen LogP contribution < -0.4 is 4.72 Å². The van der Waals surface area contributed by atoms with Gasteiger partial charge >= 0.3 is 5.97 Å². The van der Waals surface area contributed by atoms with Crippen molar-refractivity contribution in [2.45, 2.75) is 55.9 Å². The molecule has 2 N–H and O–H groups in total. The van der Waals surface area contributed by atoms with Crippen molar-refractivity contribution in [2.24, 2.45) is 17.8 Å². The fraction of sp³-hybridized carbons (Fsp3) is 0.550. The lowest BCUT2D eigenvalue weighted by Crippen LogP contribution is -2.43. The first kappa shape index (κ1) is 19.1. The number of fused-ring (bicyclic) bond motifs is 2. The Bertz CT molecular complexity index is 744. The van der Waals surface area contributed by atoms with Crippen molar-refractivity contribution >= 4 is 16.0 Å². The summed E-state index contributed by atoms with van der Waals surface area (Å²) in [5.41, 5.74) is 0. The molecule has 0 aliphatic heterocycles. The van der Waals surface area contributed by atoms with E-state index in [0.29, 0.717) is 29.1 Å². The fourth-order valence-electron chi connectivity index (χ4n) is 4.52. The number of carboxylic acids is 1. The summed E-state index contributed by atoms with van der Waals surface area (Å²) < 4.78 is 28.4. The number of hydrogen-bond donors (Lipinski definition) is 2. The van der Waals surface area contributed by atoms with Crippen LogP contribution in [0.25, 0.3) is 0 Å². The number of rotatable bonds is 9. The molecule has 2 unspecified atom stereocenters. The van der Waals surface area contributed by atoms with E-state index in [0.717, 1.165) is 25.7 Å². The second-order valence-corrected chi connectivity index (χ2v) is 9.16. The number of carboxylic acid groups (broad SMARTS) is 1. The summed E-state index contributed by atoms with van der Waals surface area (Å²) in [4.78, 5) is 10.9. The zero-order valence-corrected chi connectivity index (χ0v) is 15.7. The Morgan fingerprint density at radius 3 is 2.62 bits per heavy atom. The largest absolute Gasteiger partial charge is 0.481 e. The van der Waals surface area contributed by atoms with E-state index in [1.165, 1.54) is 6.42 Å². The van der Waals surface area contributed by atoms with Crippen LogP contribution in [0.4, 0.5) is 0 Å². The molecule has 2 fully saturated rings. The molecule has 5 nitrogen and oxygen atoms in total. The Morgan fingerprint density at radius 1 is 1.15 bits per heavy atom. The first-order chi connectivity index (χ1) is 12.5. The lowest BCUT2D eigenvalue weighted by Gasteiger charge is -2.31. The lowest BCUT2D eigenvalue weighted by atomic mass is 9.83. The predicted molar refractivity (Wildman–Crippen MR) is 100 cm³/mol. The lowest BCUT2D eigenvalue weighted by molar-refractivity contribution is -0.137. The van der Waals surface area contributed by atoms with Crippen LogP contribution in [0.3, 0.4) is 0 Å². The van der Waals surface area contributed by atoms with Gasteiger partial charge in [0.15, 0.2) is 0 Å². The maximum atomic E-state index is 12.7. The van der Waals surface area contributed by atoms with Gasteiger partial charge in [0, 0.05) is 12.5 Å². The number of unbranched alkanes of at least 4 members (excludes halogenated alkanes) is 1. The molecule has 0 radical (unpaired) electrons. The predicted octanol–water partition coefficient (Wildman–Crippen LogP) is 3.58. The van der Waals surface area contributed by atoms with E-state index in [-0.39, 0.29) is 12.5 Å². The molecular formula is C20H27NO4S. The molecule has 1 aromatic rings. The Kier molecular flexibility index (Phi) is 6.14. The molecular weight excluding hydrogens is 350 g/mol. The quantitative estimate of drug-likeness (QED) is 0.509. The Hall–Kier alpha value is -1.66.